The van der Waals surface area contributed by atoms with Crippen molar-refractivity contribution in [3.8, 4) is 17.2 Å². The number of rotatable bonds is 6. The summed E-state index contributed by atoms with van der Waals surface area (Å²) in [5.74, 6) is 1.94. The molecule has 22 heavy (non-hydrogen) atoms. The molecule has 5 nitrogen and oxygen atoms in total. The highest BCUT2D eigenvalue weighted by Crippen LogP contribution is 2.19. The molecule has 0 spiro atoms. The van der Waals surface area contributed by atoms with E-state index < -0.39 is 0 Å². The van der Waals surface area contributed by atoms with Gasteiger partial charge in [-0.2, -0.15) is 0 Å². The summed E-state index contributed by atoms with van der Waals surface area (Å²) in [7, 11) is 0. The number of nitrogens with zero attached hydrogens (tertiary/aromatic N) is 2. The van der Waals surface area contributed by atoms with Crippen molar-refractivity contribution in [1.82, 2.24) is 10.2 Å². The highest BCUT2D eigenvalue weighted by molar-refractivity contribution is 5.51. The van der Waals surface area contributed by atoms with Crippen molar-refractivity contribution >= 4 is 0 Å². The quantitative estimate of drug-likeness (QED) is 0.756. The van der Waals surface area contributed by atoms with Gasteiger partial charge in [-0.25, -0.2) is 0 Å². The molecule has 0 aliphatic rings. The third-order valence-corrected chi connectivity index (χ3v) is 3.15. The average molecular weight is 295 g/mol. The fourth-order valence-corrected chi connectivity index (χ4v) is 2.08. The normalized spacial score (nSPS) is 10.6. The van der Waals surface area contributed by atoms with E-state index in [4.69, 9.17) is 14.9 Å². The molecular formula is C17H17N3O2. The van der Waals surface area contributed by atoms with Crippen LogP contribution in [0.4, 0.5) is 0 Å². The second-order valence-corrected chi connectivity index (χ2v) is 4.82. The molecule has 0 unspecified atom stereocenters. The highest BCUT2D eigenvalue weighted by atomic mass is 16.5. The van der Waals surface area contributed by atoms with Crippen molar-refractivity contribution in [1.29, 1.82) is 0 Å². The third kappa shape index (κ3) is 3.51. The molecule has 0 aliphatic heterocycles. The maximum Gasteiger partial charge on any atom is 0.247 e. The number of nitrogens with two attached hydrogens (primary N) is 1. The summed E-state index contributed by atoms with van der Waals surface area (Å²) in [4.78, 5) is 0. The van der Waals surface area contributed by atoms with Gasteiger partial charge in [0, 0.05) is 12.1 Å². The van der Waals surface area contributed by atoms with Gasteiger partial charge in [0.1, 0.15) is 12.4 Å². The Kier molecular flexibility index (Phi) is 4.46. The number of aromatic nitrogens is 2. The van der Waals surface area contributed by atoms with Gasteiger partial charge in [-0.05, 0) is 29.8 Å². The second-order valence-electron chi connectivity index (χ2n) is 4.82. The zero-order valence-corrected chi connectivity index (χ0v) is 12.1. The summed E-state index contributed by atoms with van der Waals surface area (Å²) >= 11 is 0. The van der Waals surface area contributed by atoms with Crippen LogP contribution in [0.5, 0.6) is 5.75 Å². The molecule has 0 radical (unpaired) electrons. The fourth-order valence-electron chi connectivity index (χ4n) is 2.08. The molecule has 0 saturated carbocycles. The largest absolute Gasteiger partial charge is 0.492 e. The average Bonchev–Trinajstić information content (AvgIpc) is 3.04. The molecular weight excluding hydrogens is 278 g/mol. The minimum absolute atomic E-state index is 0.506. The molecule has 112 valence electrons. The van der Waals surface area contributed by atoms with E-state index in [1.54, 1.807) is 0 Å². The lowest BCUT2D eigenvalue weighted by atomic mass is 10.1. The first-order valence-corrected chi connectivity index (χ1v) is 7.15. The maximum absolute atomic E-state index is 5.70. The van der Waals surface area contributed by atoms with E-state index in [1.807, 2.05) is 54.6 Å². The number of hydrogen-bond acceptors (Lipinski definition) is 5. The Hall–Kier alpha value is -2.66. The van der Waals surface area contributed by atoms with E-state index in [0.717, 1.165) is 16.9 Å². The summed E-state index contributed by atoms with van der Waals surface area (Å²) in [5.41, 5.74) is 7.42. The first kappa shape index (κ1) is 14.3. The van der Waals surface area contributed by atoms with Crippen LogP contribution in [0.2, 0.25) is 0 Å². The lowest BCUT2D eigenvalue weighted by Crippen LogP contribution is -2.10. The summed E-state index contributed by atoms with van der Waals surface area (Å²) in [6, 6.07) is 17.5. The summed E-state index contributed by atoms with van der Waals surface area (Å²) < 4.78 is 11.1. The van der Waals surface area contributed by atoms with Gasteiger partial charge in [-0.1, -0.05) is 30.3 Å². The summed E-state index contributed by atoms with van der Waals surface area (Å²) in [5, 5.41) is 8.18. The van der Waals surface area contributed by atoms with Crippen LogP contribution >= 0.6 is 0 Å². The van der Waals surface area contributed by atoms with Crippen molar-refractivity contribution in [2.24, 2.45) is 5.73 Å². The maximum atomic E-state index is 5.70. The monoisotopic (exact) mass is 295 g/mol. The molecule has 0 aliphatic carbocycles. The lowest BCUT2D eigenvalue weighted by Gasteiger charge is -2.04. The molecule has 0 amide bonds. The fraction of sp³-hybridized carbons (Fsp3) is 0.176. The Morgan fingerprint density at radius 2 is 1.73 bits per heavy atom. The molecule has 2 aromatic carbocycles. The molecule has 0 bridgehead atoms. The Morgan fingerprint density at radius 3 is 2.45 bits per heavy atom. The predicted octanol–water partition coefficient (Wildman–Crippen LogP) is 2.66. The van der Waals surface area contributed by atoms with Gasteiger partial charge in [0.25, 0.3) is 0 Å². The molecule has 1 aromatic heterocycles. The van der Waals surface area contributed by atoms with E-state index >= 15 is 0 Å². The van der Waals surface area contributed by atoms with Crippen LogP contribution in [0, 0.1) is 0 Å². The summed E-state index contributed by atoms with van der Waals surface area (Å²) in [6.45, 7) is 1.02. The van der Waals surface area contributed by atoms with E-state index in [2.05, 4.69) is 10.2 Å². The van der Waals surface area contributed by atoms with Crippen LogP contribution in [-0.2, 0) is 6.42 Å². The number of ether oxygens (including phenoxy) is 1. The van der Waals surface area contributed by atoms with Crippen LogP contribution in [0.25, 0.3) is 11.5 Å². The Morgan fingerprint density at radius 1 is 0.955 bits per heavy atom. The third-order valence-electron chi connectivity index (χ3n) is 3.15. The van der Waals surface area contributed by atoms with Crippen LogP contribution in [0.15, 0.2) is 59.0 Å². The molecule has 0 atom stereocenters. The first-order chi connectivity index (χ1) is 10.8. The summed E-state index contributed by atoms with van der Waals surface area (Å²) in [6.07, 6.45) is 0.594. The van der Waals surface area contributed by atoms with E-state index in [1.165, 1.54) is 0 Å². The highest BCUT2D eigenvalue weighted by Gasteiger charge is 2.08. The zero-order valence-electron chi connectivity index (χ0n) is 12.1. The van der Waals surface area contributed by atoms with Crippen molar-refractivity contribution in [2.75, 3.05) is 13.2 Å². The molecule has 2 N–H and O–H groups in total. The van der Waals surface area contributed by atoms with Crippen LogP contribution in [0.3, 0.4) is 0 Å². The van der Waals surface area contributed by atoms with Crippen molar-refractivity contribution in [3.05, 3.63) is 66.1 Å². The van der Waals surface area contributed by atoms with E-state index in [9.17, 15) is 0 Å². The van der Waals surface area contributed by atoms with E-state index in [-0.39, 0.29) is 0 Å². The molecule has 5 heteroatoms. The lowest BCUT2D eigenvalue weighted by molar-refractivity contribution is 0.328. The smallest absolute Gasteiger partial charge is 0.247 e. The van der Waals surface area contributed by atoms with Gasteiger partial charge in [-0.3, -0.25) is 0 Å². The van der Waals surface area contributed by atoms with Gasteiger partial charge in [0.2, 0.25) is 11.8 Å². The predicted molar refractivity (Wildman–Crippen MR) is 83.5 cm³/mol. The van der Waals surface area contributed by atoms with E-state index in [0.29, 0.717) is 31.4 Å². The standard InChI is InChI=1S/C17H17N3O2/c18-10-11-21-15-8-6-13(7-9-15)12-16-19-20-17(22-16)14-4-2-1-3-5-14/h1-9H,10-12,18H2. The van der Waals surface area contributed by atoms with Gasteiger partial charge in [0.05, 0.1) is 6.42 Å². The molecule has 3 aromatic rings. The second kappa shape index (κ2) is 6.87. The zero-order chi connectivity index (χ0) is 15.2. The SMILES string of the molecule is NCCOc1ccc(Cc2nnc(-c3ccccc3)o2)cc1. The topological polar surface area (TPSA) is 74.2 Å². The minimum Gasteiger partial charge on any atom is -0.492 e. The minimum atomic E-state index is 0.506. The van der Waals surface area contributed by atoms with Crippen molar-refractivity contribution < 1.29 is 9.15 Å². The van der Waals surface area contributed by atoms with Crippen LogP contribution < -0.4 is 10.5 Å². The molecule has 0 fully saturated rings. The van der Waals surface area contributed by atoms with Gasteiger partial charge in [0.15, 0.2) is 0 Å². The Labute approximate surface area is 128 Å². The van der Waals surface area contributed by atoms with Crippen LogP contribution in [0.1, 0.15) is 11.5 Å². The first-order valence-electron chi connectivity index (χ1n) is 7.15. The Bertz CT molecular complexity index is 708. The Balaban J connectivity index is 1.67. The van der Waals surface area contributed by atoms with Crippen LogP contribution in [-0.4, -0.2) is 23.3 Å². The van der Waals surface area contributed by atoms with Crippen molar-refractivity contribution in [3.63, 3.8) is 0 Å². The van der Waals surface area contributed by atoms with Gasteiger partial charge < -0.3 is 14.9 Å². The number of hydrogen-bond donors (Lipinski definition) is 1. The molecule has 3 rings (SSSR count). The molecule has 1 heterocycles. The van der Waals surface area contributed by atoms with Gasteiger partial charge in [-0.15, -0.1) is 10.2 Å². The molecule has 0 saturated heterocycles. The van der Waals surface area contributed by atoms with Crippen molar-refractivity contribution in [2.45, 2.75) is 6.42 Å². The number of benzene rings is 2. The van der Waals surface area contributed by atoms with Gasteiger partial charge >= 0.3 is 0 Å².